The van der Waals surface area contributed by atoms with Gasteiger partial charge in [0.15, 0.2) is 0 Å². The third-order valence-electron chi connectivity index (χ3n) is 3.60. The van der Waals surface area contributed by atoms with Crippen LogP contribution in [0.15, 0.2) is 47.6 Å². The SMILES string of the molecule is CN(C)/N=C/c1cccc(F)c1N1CCc2ccccc21. The fraction of sp³-hybridized carbons (Fsp3) is 0.235. The summed E-state index contributed by atoms with van der Waals surface area (Å²) in [6.07, 6.45) is 2.65. The molecular formula is C17H18FN3. The first-order valence-corrected chi connectivity index (χ1v) is 7.02. The van der Waals surface area contributed by atoms with Gasteiger partial charge in [-0.3, -0.25) is 0 Å². The number of fused-ring (bicyclic) bond motifs is 1. The van der Waals surface area contributed by atoms with Crippen LogP contribution >= 0.6 is 0 Å². The smallest absolute Gasteiger partial charge is 0.147 e. The van der Waals surface area contributed by atoms with Crippen molar-refractivity contribution in [3.8, 4) is 0 Å². The van der Waals surface area contributed by atoms with Crippen LogP contribution in [-0.4, -0.2) is 31.9 Å². The van der Waals surface area contributed by atoms with Crippen LogP contribution in [0.4, 0.5) is 15.8 Å². The van der Waals surface area contributed by atoms with E-state index in [1.807, 2.05) is 43.3 Å². The van der Waals surface area contributed by atoms with Crippen molar-refractivity contribution in [1.29, 1.82) is 0 Å². The van der Waals surface area contributed by atoms with Crippen LogP contribution in [0.3, 0.4) is 0 Å². The lowest BCUT2D eigenvalue weighted by Crippen LogP contribution is -2.17. The Kier molecular flexibility index (Phi) is 3.60. The van der Waals surface area contributed by atoms with Gasteiger partial charge in [-0.25, -0.2) is 4.39 Å². The van der Waals surface area contributed by atoms with Gasteiger partial charge in [0.2, 0.25) is 0 Å². The molecule has 2 aromatic carbocycles. The third kappa shape index (κ3) is 2.61. The summed E-state index contributed by atoms with van der Waals surface area (Å²) in [5.74, 6) is -0.214. The van der Waals surface area contributed by atoms with Gasteiger partial charge in [0.25, 0.3) is 0 Å². The number of rotatable bonds is 3. The molecule has 0 fully saturated rings. The molecular weight excluding hydrogens is 265 g/mol. The van der Waals surface area contributed by atoms with Gasteiger partial charge in [0.1, 0.15) is 5.82 Å². The Morgan fingerprint density at radius 1 is 1.14 bits per heavy atom. The highest BCUT2D eigenvalue weighted by Crippen LogP contribution is 2.37. The lowest BCUT2D eigenvalue weighted by molar-refractivity contribution is 0.440. The van der Waals surface area contributed by atoms with Crippen LogP contribution in [0.1, 0.15) is 11.1 Å². The number of anilines is 2. The van der Waals surface area contributed by atoms with E-state index in [1.54, 1.807) is 17.3 Å². The highest BCUT2D eigenvalue weighted by molar-refractivity contribution is 5.90. The van der Waals surface area contributed by atoms with Crippen LogP contribution in [0.2, 0.25) is 0 Å². The van der Waals surface area contributed by atoms with Gasteiger partial charge in [0.05, 0.1) is 11.9 Å². The Balaban J connectivity index is 2.07. The van der Waals surface area contributed by atoms with Crippen molar-refractivity contribution < 1.29 is 4.39 Å². The summed E-state index contributed by atoms with van der Waals surface area (Å²) in [5.41, 5.74) is 3.74. The van der Waals surface area contributed by atoms with Gasteiger partial charge in [0, 0.05) is 31.9 Å². The Morgan fingerprint density at radius 2 is 1.95 bits per heavy atom. The Morgan fingerprint density at radius 3 is 2.76 bits per heavy atom. The van der Waals surface area contributed by atoms with E-state index in [2.05, 4.69) is 11.2 Å². The summed E-state index contributed by atoms with van der Waals surface area (Å²) >= 11 is 0. The van der Waals surface area contributed by atoms with Crippen molar-refractivity contribution in [1.82, 2.24) is 5.01 Å². The molecule has 0 saturated carbocycles. The second kappa shape index (κ2) is 5.56. The molecule has 0 amide bonds. The zero-order valence-electron chi connectivity index (χ0n) is 12.3. The lowest BCUT2D eigenvalue weighted by Gasteiger charge is -2.22. The maximum atomic E-state index is 14.4. The van der Waals surface area contributed by atoms with E-state index in [0.29, 0.717) is 5.69 Å². The van der Waals surface area contributed by atoms with E-state index >= 15 is 0 Å². The van der Waals surface area contributed by atoms with Crippen LogP contribution < -0.4 is 4.90 Å². The molecule has 4 heteroatoms. The summed E-state index contributed by atoms with van der Waals surface area (Å²) in [6.45, 7) is 0.795. The highest BCUT2D eigenvalue weighted by atomic mass is 19.1. The number of halogens is 1. The molecule has 3 rings (SSSR count). The predicted octanol–water partition coefficient (Wildman–Crippen LogP) is 3.42. The zero-order chi connectivity index (χ0) is 14.8. The molecule has 0 aromatic heterocycles. The quantitative estimate of drug-likeness (QED) is 0.635. The maximum Gasteiger partial charge on any atom is 0.147 e. The summed E-state index contributed by atoms with van der Waals surface area (Å²) in [4.78, 5) is 2.04. The van der Waals surface area contributed by atoms with E-state index in [9.17, 15) is 4.39 Å². The van der Waals surface area contributed by atoms with E-state index < -0.39 is 0 Å². The van der Waals surface area contributed by atoms with Crippen molar-refractivity contribution in [2.24, 2.45) is 5.10 Å². The highest BCUT2D eigenvalue weighted by Gasteiger charge is 2.24. The topological polar surface area (TPSA) is 18.8 Å². The first-order valence-electron chi connectivity index (χ1n) is 7.02. The summed E-state index contributed by atoms with van der Waals surface area (Å²) in [6, 6.07) is 13.3. The van der Waals surface area contributed by atoms with E-state index in [4.69, 9.17) is 0 Å². The molecule has 0 spiro atoms. The van der Waals surface area contributed by atoms with Gasteiger partial charge >= 0.3 is 0 Å². The van der Waals surface area contributed by atoms with Crippen LogP contribution in [-0.2, 0) is 6.42 Å². The van der Waals surface area contributed by atoms with Gasteiger partial charge in [-0.2, -0.15) is 5.10 Å². The molecule has 108 valence electrons. The zero-order valence-corrected chi connectivity index (χ0v) is 12.3. The number of benzene rings is 2. The lowest BCUT2D eigenvalue weighted by atomic mass is 10.1. The Labute approximate surface area is 124 Å². The molecule has 1 aliphatic heterocycles. The minimum atomic E-state index is -0.214. The number of nitrogens with zero attached hydrogens (tertiary/aromatic N) is 3. The molecule has 1 heterocycles. The van der Waals surface area contributed by atoms with Crippen LogP contribution in [0.5, 0.6) is 0 Å². The second-order valence-corrected chi connectivity index (χ2v) is 5.30. The minimum absolute atomic E-state index is 0.214. The fourth-order valence-corrected chi connectivity index (χ4v) is 2.67. The number of hydrogen-bond acceptors (Lipinski definition) is 3. The first kappa shape index (κ1) is 13.6. The summed E-state index contributed by atoms with van der Waals surface area (Å²) in [5, 5.41) is 5.94. The molecule has 0 radical (unpaired) electrons. The molecule has 0 saturated heterocycles. The molecule has 0 unspecified atom stereocenters. The van der Waals surface area contributed by atoms with Crippen LogP contribution in [0, 0.1) is 5.82 Å². The number of para-hydroxylation sites is 2. The van der Waals surface area contributed by atoms with Crippen molar-refractivity contribution in [2.45, 2.75) is 6.42 Å². The van der Waals surface area contributed by atoms with Gasteiger partial charge < -0.3 is 9.91 Å². The predicted molar refractivity (Wildman–Crippen MR) is 84.8 cm³/mol. The molecule has 0 aliphatic carbocycles. The molecule has 1 aliphatic rings. The average Bonchev–Trinajstić information content (AvgIpc) is 2.89. The molecule has 0 atom stereocenters. The second-order valence-electron chi connectivity index (χ2n) is 5.30. The normalized spacial score (nSPS) is 13.8. The average molecular weight is 283 g/mol. The third-order valence-corrected chi connectivity index (χ3v) is 3.60. The van der Waals surface area contributed by atoms with E-state index in [1.165, 1.54) is 11.6 Å². The van der Waals surface area contributed by atoms with Gasteiger partial charge in [-0.1, -0.05) is 30.3 Å². The Hall–Kier alpha value is -2.36. The largest absolute Gasteiger partial charge is 0.338 e. The minimum Gasteiger partial charge on any atom is -0.338 e. The van der Waals surface area contributed by atoms with Gasteiger partial charge in [-0.05, 0) is 24.1 Å². The monoisotopic (exact) mass is 283 g/mol. The van der Waals surface area contributed by atoms with Crippen molar-refractivity contribution in [3.05, 3.63) is 59.4 Å². The van der Waals surface area contributed by atoms with E-state index in [-0.39, 0.29) is 5.82 Å². The van der Waals surface area contributed by atoms with E-state index in [0.717, 1.165) is 24.2 Å². The number of hydrazone groups is 1. The van der Waals surface area contributed by atoms with Crippen LogP contribution in [0.25, 0.3) is 0 Å². The summed E-state index contributed by atoms with van der Waals surface area (Å²) in [7, 11) is 3.70. The van der Waals surface area contributed by atoms with Crippen molar-refractivity contribution >= 4 is 17.6 Å². The fourth-order valence-electron chi connectivity index (χ4n) is 2.67. The summed E-state index contributed by atoms with van der Waals surface area (Å²) < 4.78 is 14.4. The molecule has 2 aromatic rings. The van der Waals surface area contributed by atoms with Gasteiger partial charge in [-0.15, -0.1) is 0 Å². The van der Waals surface area contributed by atoms with Crippen molar-refractivity contribution in [3.63, 3.8) is 0 Å². The van der Waals surface area contributed by atoms with Crippen molar-refractivity contribution in [2.75, 3.05) is 25.5 Å². The molecule has 3 nitrogen and oxygen atoms in total. The first-order chi connectivity index (χ1) is 10.2. The molecule has 21 heavy (non-hydrogen) atoms. The molecule has 0 bridgehead atoms. The Bertz CT molecular complexity index is 679. The standard InChI is InChI=1S/C17H18FN3/c1-20(2)19-12-14-7-5-8-15(18)17(14)21-11-10-13-6-3-4-9-16(13)21/h3-9,12H,10-11H2,1-2H3/b19-12+. The maximum absolute atomic E-state index is 14.4. The number of hydrogen-bond donors (Lipinski definition) is 0. The molecule has 0 N–H and O–H groups in total.